The molecule has 58 heavy (non-hydrogen) atoms. The van der Waals surface area contributed by atoms with Crippen LogP contribution < -0.4 is 4.90 Å². The molecule has 7 aromatic carbocycles. The predicted octanol–water partition coefficient (Wildman–Crippen LogP) is 15.1. The van der Waals surface area contributed by atoms with Crippen molar-refractivity contribution in [2.24, 2.45) is 35.5 Å². The molecule has 1 spiro atoms. The molecule has 15 rings (SSSR count). The molecule has 1 heterocycles. The molecular weight excluding hydrogens is 719 g/mol. The van der Waals surface area contributed by atoms with E-state index in [-0.39, 0.29) is 10.8 Å². The van der Waals surface area contributed by atoms with Crippen LogP contribution in [0, 0.1) is 35.5 Å². The Labute approximate surface area is 345 Å². The Hall–Kier alpha value is -5.44. The highest BCUT2D eigenvalue weighted by Crippen LogP contribution is 2.78. The average molecular weight is 764 g/mol. The summed E-state index contributed by atoms with van der Waals surface area (Å²) in [7, 11) is 0. The van der Waals surface area contributed by atoms with Gasteiger partial charge in [-0.25, -0.2) is 0 Å². The molecule has 0 amide bonds. The molecular formula is C56H45NS. The van der Waals surface area contributed by atoms with Crippen molar-refractivity contribution < 1.29 is 0 Å². The van der Waals surface area contributed by atoms with Gasteiger partial charge in [-0.15, -0.1) is 11.3 Å². The lowest BCUT2D eigenvalue weighted by atomic mass is 9.52. The Kier molecular flexibility index (Phi) is 6.27. The molecule has 5 fully saturated rings. The van der Waals surface area contributed by atoms with Crippen LogP contribution in [-0.4, -0.2) is 0 Å². The number of thiophene rings is 1. The first-order chi connectivity index (χ1) is 28.5. The predicted molar refractivity (Wildman–Crippen MR) is 243 cm³/mol. The van der Waals surface area contributed by atoms with Crippen molar-refractivity contribution in [3.8, 4) is 33.4 Å². The van der Waals surface area contributed by atoms with Crippen molar-refractivity contribution in [3.05, 3.63) is 174 Å². The highest BCUT2D eigenvalue weighted by atomic mass is 32.1. The first-order valence-electron chi connectivity index (χ1n) is 21.8. The van der Waals surface area contributed by atoms with Gasteiger partial charge in [0.2, 0.25) is 0 Å². The van der Waals surface area contributed by atoms with E-state index in [4.69, 9.17) is 0 Å². The van der Waals surface area contributed by atoms with E-state index in [9.17, 15) is 0 Å². The Bertz CT molecular complexity index is 3050. The van der Waals surface area contributed by atoms with Crippen molar-refractivity contribution >= 4 is 48.6 Å². The minimum Gasteiger partial charge on any atom is -0.310 e. The molecule has 0 saturated heterocycles. The number of fused-ring (bicyclic) bond motifs is 12. The van der Waals surface area contributed by atoms with Crippen molar-refractivity contribution in [2.75, 3.05) is 4.90 Å². The second kappa shape index (κ2) is 11.2. The van der Waals surface area contributed by atoms with Crippen LogP contribution in [0.4, 0.5) is 17.1 Å². The van der Waals surface area contributed by atoms with E-state index in [1.807, 2.05) is 11.3 Å². The lowest BCUT2D eigenvalue weighted by Crippen LogP contribution is -2.46. The third-order valence-corrected chi connectivity index (χ3v) is 17.7. The zero-order valence-corrected chi connectivity index (χ0v) is 33.9. The highest BCUT2D eigenvalue weighted by molar-refractivity contribution is 7.25. The third kappa shape index (κ3) is 3.98. The highest BCUT2D eigenvalue weighted by Gasteiger charge is 2.73. The third-order valence-electron chi connectivity index (χ3n) is 16.6. The molecule has 280 valence electrons. The topological polar surface area (TPSA) is 3.24 Å². The smallest absolute Gasteiger partial charge is 0.0476 e. The Balaban J connectivity index is 0.885. The summed E-state index contributed by atoms with van der Waals surface area (Å²) in [5.41, 5.74) is 18.2. The minimum atomic E-state index is -0.0746. The average Bonchev–Trinajstić information content (AvgIpc) is 3.98. The van der Waals surface area contributed by atoms with Gasteiger partial charge in [-0.05, 0) is 165 Å². The molecule has 7 aliphatic carbocycles. The van der Waals surface area contributed by atoms with Crippen LogP contribution in [0.1, 0.15) is 61.8 Å². The maximum Gasteiger partial charge on any atom is 0.0476 e. The second-order valence-corrected chi connectivity index (χ2v) is 20.3. The van der Waals surface area contributed by atoms with Crippen molar-refractivity contribution in [1.82, 2.24) is 0 Å². The zero-order chi connectivity index (χ0) is 38.1. The first-order valence-corrected chi connectivity index (χ1v) is 22.6. The summed E-state index contributed by atoms with van der Waals surface area (Å²) in [5.74, 6) is 5.52. The minimum absolute atomic E-state index is 0.0746. The maximum atomic E-state index is 2.58. The van der Waals surface area contributed by atoms with E-state index < -0.39 is 0 Å². The molecule has 0 aliphatic heterocycles. The number of anilines is 3. The van der Waals surface area contributed by atoms with Crippen LogP contribution in [-0.2, 0) is 10.8 Å². The van der Waals surface area contributed by atoms with E-state index in [0.717, 1.165) is 35.5 Å². The number of hydrogen-bond acceptors (Lipinski definition) is 2. The summed E-state index contributed by atoms with van der Waals surface area (Å²) >= 11 is 1.89. The van der Waals surface area contributed by atoms with E-state index in [0.29, 0.717) is 0 Å². The zero-order valence-electron chi connectivity index (χ0n) is 33.1. The summed E-state index contributed by atoms with van der Waals surface area (Å²) in [5, 5.41) is 2.67. The number of hydrogen-bond donors (Lipinski definition) is 0. The summed E-state index contributed by atoms with van der Waals surface area (Å²) in [6, 6.07) is 58.6. The fourth-order valence-corrected chi connectivity index (χ4v) is 15.8. The van der Waals surface area contributed by atoms with Crippen molar-refractivity contribution in [2.45, 2.75) is 50.4 Å². The molecule has 7 atom stereocenters. The molecule has 1 nitrogen and oxygen atoms in total. The van der Waals surface area contributed by atoms with Crippen LogP contribution in [0.5, 0.6) is 0 Å². The lowest BCUT2D eigenvalue weighted by molar-refractivity contribution is 0.0261. The number of nitrogens with zero attached hydrogens (tertiary/aromatic N) is 1. The standard InChI is InChI=1S/C56H45NS/c1-55(2)46-12-6-3-9-39(46)41-22-20-37(30-49(41)55)57(38-21-23-43-42-11-5-8-14-52(42)58-53(43)31-38)36-18-15-33(16-19-36)34-17-24-48-44(28-34)40-10-4-7-13-47(40)56(48)50-29-35-25-32-26-45(50)54(35)51(56)27-32/h3-24,28,30-32,35,45,50-51,54H,25-27,29H2,1-2H3. The molecule has 7 unspecified atom stereocenters. The molecule has 1 aromatic heterocycles. The van der Waals surface area contributed by atoms with E-state index in [1.165, 1.54) is 107 Å². The molecule has 5 saturated carbocycles. The molecule has 7 aliphatic rings. The molecule has 8 aromatic rings. The van der Waals surface area contributed by atoms with Gasteiger partial charge in [0.25, 0.3) is 0 Å². The van der Waals surface area contributed by atoms with Crippen molar-refractivity contribution in [1.29, 1.82) is 0 Å². The van der Waals surface area contributed by atoms with Gasteiger partial charge in [0.1, 0.15) is 0 Å². The van der Waals surface area contributed by atoms with E-state index in [2.05, 4.69) is 170 Å². The van der Waals surface area contributed by atoms with E-state index in [1.54, 1.807) is 11.1 Å². The van der Waals surface area contributed by atoms with Gasteiger partial charge in [-0.2, -0.15) is 0 Å². The summed E-state index contributed by atoms with van der Waals surface area (Å²) in [4.78, 5) is 2.48. The summed E-state index contributed by atoms with van der Waals surface area (Å²) in [6.45, 7) is 4.76. The van der Waals surface area contributed by atoms with Crippen LogP contribution in [0.3, 0.4) is 0 Å². The van der Waals surface area contributed by atoms with Crippen LogP contribution in [0.15, 0.2) is 152 Å². The first kappa shape index (κ1) is 32.5. The van der Waals surface area contributed by atoms with Gasteiger partial charge in [0.15, 0.2) is 0 Å². The van der Waals surface area contributed by atoms with Gasteiger partial charge < -0.3 is 4.90 Å². The fourth-order valence-electron chi connectivity index (χ4n) is 14.6. The van der Waals surface area contributed by atoms with Crippen LogP contribution in [0.2, 0.25) is 0 Å². The number of rotatable bonds is 4. The monoisotopic (exact) mass is 763 g/mol. The van der Waals surface area contributed by atoms with Gasteiger partial charge in [-0.3, -0.25) is 0 Å². The Morgan fingerprint density at radius 3 is 2.02 bits per heavy atom. The molecule has 6 bridgehead atoms. The summed E-state index contributed by atoms with van der Waals surface area (Å²) in [6.07, 6.45) is 5.92. The van der Waals surface area contributed by atoms with Crippen molar-refractivity contribution in [3.63, 3.8) is 0 Å². The van der Waals surface area contributed by atoms with Gasteiger partial charge in [0.05, 0.1) is 0 Å². The molecule has 0 N–H and O–H groups in total. The Morgan fingerprint density at radius 1 is 0.483 bits per heavy atom. The van der Waals surface area contributed by atoms with Crippen LogP contribution in [0.25, 0.3) is 53.6 Å². The normalized spacial score (nSPS) is 27.1. The number of benzene rings is 7. The Morgan fingerprint density at radius 2 is 1.16 bits per heavy atom. The fraction of sp³-hybridized carbons (Fsp3) is 0.250. The van der Waals surface area contributed by atoms with Gasteiger partial charge >= 0.3 is 0 Å². The van der Waals surface area contributed by atoms with Gasteiger partial charge in [0, 0.05) is 48.1 Å². The quantitative estimate of drug-likeness (QED) is 0.173. The second-order valence-electron chi connectivity index (χ2n) is 19.3. The van der Waals surface area contributed by atoms with Gasteiger partial charge in [-0.1, -0.05) is 117 Å². The molecule has 0 radical (unpaired) electrons. The summed E-state index contributed by atoms with van der Waals surface area (Å²) < 4.78 is 2.66. The lowest BCUT2D eigenvalue weighted by Gasteiger charge is -2.51. The maximum absolute atomic E-state index is 2.58. The van der Waals surface area contributed by atoms with Crippen LogP contribution >= 0.6 is 11.3 Å². The molecule has 2 heteroatoms. The van der Waals surface area contributed by atoms with E-state index >= 15 is 0 Å². The SMILES string of the molecule is CC1(C)c2ccccc2-c2ccc(N(c3ccc(-c4ccc5c(c4)-c4ccccc4C54C5CC6CC7CC5C6C4C7)cc3)c3ccc4c(c3)sc3ccccc34)cc21. The largest absolute Gasteiger partial charge is 0.310 e.